The average Bonchev–Trinajstić information content (AvgIpc) is 3.18. The van der Waals surface area contributed by atoms with Crippen LogP contribution >= 0.6 is 0 Å². The molecule has 0 spiro atoms. The smallest absolute Gasteiger partial charge is 0.373 e. The number of esters is 2. The van der Waals surface area contributed by atoms with Gasteiger partial charge in [-0.1, -0.05) is 29.8 Å². The van der Waals surface area contributed by atoms with Gasteiger partial charge in [0.05, 0.1) is 25.3 Å². The van der Waals surface area contributed by atoms with Crippen molar-refractivity contribution in [1.29, 1.82) is 0 Å². The maximum Gasteiger partial charge on any atom is 0.373 e. The van der Waals surface area contributed by atoms with Crippen LogP contribution in [-0.4, -0.2) is 36.0 Å². The molecular weight excluding hydrogens is 398 g/mol. The normalized spacial score (nSPS) is 16.6. The summed E-state index contributed by atoms with van der Waals surface area (Å²) in [6.45, 7) is 7.39. The monoisotopic (exact) mass is 425 g/mol. The largest absolute Gasteiger partial charge is 0.463 e. The Hall–Kier alpha value is -3.35. The van der Waals surface area contributed by atoms with Gasteiger partial charge in [-0.05, 0) is 45.4 Å². The fourth-order valence-electron chi connectivity index (χ4n) is 3.75. The molecule has 0 saturated carbocycles. The number of hydrogen-bond acceptors (Lipinski definition) is 6. The lowest BCUT2D eigenvalue weighted by Crippen LogP contribution is -2.38. The minimum absolute atomic E-state index is 0.0562. The number of ether oxygens (including phenoxy) is 2. The second-order valence-corrected chi connectivity index (χ2v) is 7.86. The van der Waals surface area contributed by atoms with Crippen molar-refractivity contribution in [3.63, 3.8) is 0 Å². The summed E-state index contributed by atoms with van der Waals surface area (Å²) in [7, 11) is 1.27. The molecule has 0 aliphatic carbocycles. The molecule has 0 N–H and O–H groups in total. The number of aryl methyl sites for hydroxylation is 1. The van der Waals surface area contributed by atoms with Gasteiger partial charge in [0.15, 0.2) is 0 Å². The van der Waals surface area contributed by atoms with E-state index in [1.807, 2.05) is 31.2 Å². The lowest BCUT2D eigenvalue weighted by atomic mass is 9.83. The van der Waals surface area contributed by atoms with Crippen molar-refractivity contribution in [3.05, 3.63) is 70.3 Å². The molecule has 7 heteroatoms. The van der Waals surface area contributed by atoms with Crippen molar-refractivity contribution in [2.75, 3.05) is 7.11 Å². The van der Waals surface area contributed by atoms with Gasteiger partial charge in [0.2, 0.25) is 11.7 Å². The first-order chi connectivity index (χ1) is 14.7. The van der Waals surface area contributed by atoms with Crippen molar-refractivity contribution in [2.24, 2.45) is 0 Å². The van der Waals surface area contributed by atoms with E-state index in [2.05, 4.69) is 4.74 Å². The first-order valence-electron chi connectivity index (χ1n) is 10.2. The molecule has 7 nitrogen and oxygen atoms in total. The fourth-order valence-corrected chi connectivity index (χ4v) is 3.75. The Labute approximate surface area is 181 Å². The third kappa shape index (κ3) is 4.87. The number of methoxy groups -OCH3 is 1. The van der Waals surface area contributed by atoms with E-state index in [-0.39, 0.29) is 30.7 Å². The Morgan fingerprint density at radius 3 is 2.55 bits per heavy atom. The number of nitrogens with zero attached hydrogens (tertiary/aromatic N) is 1. The number of carbonyl (C=O) groups excluding carboxylic acids is 3. The van der Waals surface area contributed by atoms with Crippen molar-refractivity contribution in [1.82, 2.24) is 4.90 Å². The highest BCUT2D eigenvalue weighted by atomic mass is 16.5. The molecule has 0 fully saturated rings. The van der Waals surface area contributed by atoms with Crippen molar-refractivity contribution < 1.29 is 28.3 Å². The molecule has 1 aliphatic heterocycles. The van der Waals surface area contributed by atoms with Gasteiger partial charge >= 0.3 is 11.9 Å². The van der Waals surface area contributed by atoms with Gasteiger partial charge in [-0.3, -0.25) is 4.79 Å². The summed E-state index contributed by atoms with van der Waals surface area (Å²) in [6, 6.07) is 10.9. The molecule has 1 aromatic carbocycles. The topological polar surface area (TPSA) is 86.0 Å². The van der Waals surface area contributed by atoms with E-state index in [9.17, 15) is 14.4 Å². The molecule has 2 aromatic rings. The zero-order valence-corrected chi connectivity index (χ0v) is 18.4. The maximum absolute atomic E-state index is 13.1. The third-order valence-corrected chi connectivity index (χ3v) is 5.19. The lowest BCUT2D eigenvalue weighted by molar-refractivity contribution is -0.144. The molecule has 1 aliphatic rings. The Bertz CT molecular complexity index is 1030. The molecule has 3 rings (SSSR count). The van der Waals surface area contributed by atoms with Gasteiger partial charge in [-0.15, -0.1) is 0 Å². The Morgan fingerprint density at radius 2 is 1.90 bits per heavy atom. The van der Waals surface area contributed by atoms with Gasteiger partial charge in [0.1, 0.15) is 5.76 Å². The summed E-state index contributed by atoms with van der Waals surface area (Å²) in [4.78, 5) is 39.2. The lowest BCUT2D eigenvalue weighted by Gasteiger charge is -2.34. The zero-order valence-electron chi connectivity index (χ0n) is 18.4. The predicted molar refractivity (Wildman–Crippen MR) is 113 cm³/mol. The summed E-state index contributed by atoms with van der Waals surface area (Å²) < 4.78 is 15.7. The number of amides is 1. The standard InChI is InChI=1S/C24H27NO6/c1-14(2)30-24(28)22-16(4)25(13-18-9-10-20(31-18)23(27)29-5)21(26)12-19(22)17-8-6-7-15(3)11-17/h6-11,14,19H,12-13H2,1-5H3/t19-/m1/s1. The summed E-state index contributed by atoms with van der Waals surface area (Å²) in [5, 5.41) is 0. The van der Waals surface area contributed by atoms with Crippen LogP contribution in [0.4, 0.5) is 0 Å². The summed E-state index contributed by atoms with van der Waals surface area (Å²) >= 11 is 0. The van der Waals surface area contributed by atoms with Gasteiger partial charge in [0, 0.05) is 18.0 Å². The van der Waals surface area contributed by atoms with Crippen LogP contribution in [0.25, 0.3) is 0 Å². The molecule has 0 saturated heterocycles. The van der Waals surface area contributed by atoms with Crippen LogP contribution in [0.3, 0.4) is 0 Å². The number of hydrogen-bond donors (Lipinski definition) is 0. The first kappa shape index (κ1) is 22.3. The summed E-state index contributed by atoms with van der Waals surface area (Å²) in [6.07, 6.45) is -0.154. The fraction of sp³-hybridized carbons (Fsp3) is 0.375. The maximum atomic E-state index is 13.1. The van der Waals surface area contributed by atoms with Crippen LogP contribution in [0, 0.1) is 6.92 Å². The number of benzene rings is 1. The van der Waals surface area contributed by atoms with Crippen LogP contribution in [-0.2, 0) is 25.6 Å². The van der Waals surface area contributed by atoms with Gasteiger partial charge < -0.3 is 18.8 Å². The summed E-state index contributed by atoms with van der Waals surface area (Å²) in [5.41, 5.74) is 2.92. The van der Waals surface area contributed by atoms with E-state index in [1.54, 1.807) is 26.8 Å². The Kier molecular flexibility index (Phi) is 6.63. The van der Waals surface area contributed by atoms with Gasteiger partial charge in [-0.2, -0.15) is 0 Å². The molecule has 31 heavy (non-hydrogen) atoms. The molecular formula is C24H27NO6. The van der Waals surface area contributed by atoms with E-state index >= 15 is 0 Å². The number of allylic oxidation sites excluding steroid dienone is 1. The minimum atomic E-state index is -0.593. The quantitative estimate of drug-likeness (QED) is 0.647. The molecule has 2 heterocycles. The molecule has 0 bridgehead atoms. The molecule has 1 aromatic heterocycles. The number of rotatable bonds is 6. The molecule has 164 valence electrons. The van der Waals surface area contributed by atoms with E-state index in [0.29, 0.717) is 17.0 Å². The van der Waals surface area contributed by atoms with Gasteiger partial charge in [-0.25, -0.2) is 9.59 Å². The van der Waals surface area contributed by atoms with Crippen molar-refractivity contribution in [3.8, 4) is 0 Å². The number of carbonyl (C=O) groups is 3. The van der Waals surface area contributed by atoms with E-state index < -0.39 is 17.9 Å². The molecule has 1 atom stereocenters. The highest BCUT2D eigenvalue weighted by Crippen LogP contribution is 2.38. The van der Waals surface area contributed by atoms with Crippen LogP contribution < -0.4 is 0 Å². The van der Waals surface area contributed by atoms with E-state index in [0.717, 1.165) is 11.1 Å². The second kappa shape index (κ2) is 9.20. The Morgan fingerprint density at radius 1 is 1.16 bits per heavy atom. The number of furan rings is 1. The average molecular weight is 425 g/mol. The summed E-state index contributed by atoms with van der Waals surface area (Å²) in [5.74, 6) is -1.09. The van der Waals surface area contributed by atoms with Crippen LogP contribution in [0.15, 0.2) is 52.1 Å². The van der Waals surface area contributed by atoms with E-state index in [1.165, 1.54) is 18.1 Å². The minimum Gasteiger partial charge on any atom is -0.463 e. The molecule has 0 radical (unpaired) electrons. The van der Waals surface area contributed by atoms with Crippen LogP contribution in [0.2, 0.25) is 0 Å². The van der Waals surface area contributed by atoms with Crippen molar-refractivity contribution >= 4 is 17.8 Å². The SMILES string of the molecule is COC(=O)c1ccc(CN2C(=O)C[C@H](c3cccc(C)c3)C(C(=O)OC(C)C)=C2C)o1. The van der Waals surface area contributed by atoms with Gasteiger partial charge in [0.25, 0.3) is 0 Å². The highest BCUT2D eigenvalue weighted by Gasteiger charge is 2.37. The first-order valence-corrected chi connectivity index (χ1v) is 10.2. The Balaban J connectivity index is 2.00. The third-order valence-electron chi connectivity index (χ3n) is 5.19. The van der Waals surface area contributed by atoms with Crippen LogP contribution in [0.1, 0.15) is 60.6 Å². The van der Waals surface area contributed by atoms with E-state index in [4.69, 9.17) is 9.15 Å². The predicted octanol–water partition coefficient (Wildman–Crippen LogP) is 4.12. The van der Waals surface area contributed by atoms with Crippen molar-refractivity contribution in [2.45, 2.75) is 52.7 Å². The molecule has 0 unspecified atom stereocenters. The molecule has 1 amide bonds. The zero-order chi connectivity index (χ0) is 22.7. The second-order valence-electron chi connectivity index (χ2n) is 7.86. The van der Waals surface area contributed by atoms with Crippen LogP contribution in [0.5, 0.6) is 0 Å². The highest BCUT2D eigenvalue weighted by molar-refractivity contribution is 5.96.